The summed E-state index contributed by atoms with van der Waals surface area (Å²) in [5.74, 6) is 0.583. The van der Waals surface area contributed by atoms with Gasteiger partial charge in [-0.3, -0.25) is 9.59 Å². The van der Waals surface area contributed by atoms with E-state index in [-0.39, 0.29) is 5.91 Å². The van der Waals surface area contributed by atoms with E-state index in [1.807, 2.05) is 35.0 Å². The van der Waals surface area contributed by atoms with Crippen LogP contribution in [0.25, 0.3) is 5.69 Å². The monoisotopic (exact) mass is 413 g/mol. The highest BCUT2D eigenvalue weighted by molar-refractivity contribution is 8.00. The summed E-state index contributed by atoms with van der Waals surface area (Å²) >= 11 is 2.56. The van der Waals surface area contributed by atoms with E-state index in [9.17, 15) is 9.59 Å². The first-order chi connectivity index (χ1) is 13.5. The molecule has 144 valence electrons. The van der Waals surface area contributed by atoms with E-state index in [4.69, 9.17) is 5.73 Å². The smallest absolute Gasteiger partial charge is 0.251 e. The van der Waals surface area contributed by atoms with Gasteiger partial charge in [-0.15, -0.1) is 16.4 Å². The van der Waals surface area contributed by atoms with Crippen LogP contribution in [0.1, 0.15) is 41.9 Å². The zero-order valence-electron chi connectivity index (χ0n) is 15.2. The molecule has 2 aromatic heterocycles. The molecule has 0 bridgehead atoms. The molecule has 0 aliphatic heterocycles. The molecule has 1 fully saturated rings. The maximum Gasteiger partial charge on any atom is 0.251 e. The molecule has 1 aliphatic carbocycles. The largest absolute Gasteiger partial charge is 0.366 e. The van der Waals surface area contributed by atoms with Crippen molar-refractivity contribution >= 4 is 39.9 Å². The Morgan fingerprint density at radius 1 is 1.29 bits per heavy atom. The number of rotatable bonds is 7. The highest BCUT2D eigenvalue weighted by Gasteiger charge is 2.31. The first kappa shape index (κ1) is 18.7. The van der Waals surface area contributed by atoms with Crippen LogP contribution in [0, 0.1) is 0 Å². The van der Waals surface area contributed by atoms with Crippen LogP contribution < -0.4 is 11.1 Å². The molecular weight excluding hydrogens is 394 g/mol. The number of anilines is 1. The lowest BCUT2D eigenvalue weighted by Gasteiger charge is -2.09. The minimum Gasteiger partial charge on any atom is -0.366 e. The van der Waals surface area contributed by atoms with Crippen molar-refractivity contribution in [1.29, 1.82) is 0 Å². The molecule has 0 saturated heterocycles. The molecular formula is C19H19N5O2S2. The van der Waals surface area contributed by atoms with Crippen LogP contribution in [0.3, 0.4) is 0 Å². The number of hydrogen-bond acceptors (Lipinski definition) is 6. The maximum atomic E-state index is 12.6. The second-order valence-electron chi connectivity index (χ2n) is 6.55. The number of thiophene rings is 1. The molecule has 2 heterocycles. The fourth-order valence-corrected chi connectivity index (χ4v) is 4.30. The topological polar surface area (TPSA) is 103 Å². The number of carbonyl (C=O) groups excluding carboxylic acids is 2. The Morgan fingerprint density at radius 2 is 2.04 bits per heavy atom. The number of primary amides is 1. The van der Waals surface area contributed by atoms with Crippen LogP contribution in [-0.2, 0) is 4.79 Å². The Morgan fingerprint density at radius 3 is 2.71 bits per heavy atom. The van der Waals surface area contributed by atoms with Gasteiger partial charge in [-0.05, 0) is 43.3 Å². The van der Waals surface area contributed by atoms with Crippen molar-refractivity contribution in [1.82, 2.24) is 14.8 Å². The van der Waals surface area contributed by atoms with Crippen LogP contribution in [-0.4, -0.2) is 31.8 Å². The van der Waals surface area contributed by atoms with Gasteiger partial charge in [0.25, 0.3) is 5.91 Å². The van der Waals surface area contributed by atoms with Gasteiger partial charge in [-0.25, -0.2) is 9.67 Å². The molecule has 0 spiro atoms. The van der Waals surface area contributed by atoms with Crippen molar-refractivity contribution in [2.75, 3.05) is 5.32 Å². The van der Waals surface area contributed by atoms with E-state index < -0.39 is 11.2 Å². The number of para-hydroxylation sites is 1. The highest BCUT2D eigenvalue weighted by atomic mass is 32.2. The van der Waals surface area contributed by atoms with Gasteiger partial charge >= 0.3 is 0 Å². The fraction of sp³-hybridized carbons (Fsp3) is 0.263. The SMILES string of the molecule is C[C@H](Sc1nc(C2CC2)n(-c2ccccc2)n1)C(=O)Nc1sccc1C(N)=O. The molecule has 1 aromatic carbocycles. The molecule has 4 rings (SSSR count). The molecule has 9 heteroatoms. The second kappa shape index (κ2) is 7.76. The minimum atomic E-state index is -0.561. The van der Waals surface area contributed by atoms with Crippen LogP contribution >= 0.6 is 23.1 Å². The van der Waals surface area contributed by atoms with Gasteiger partial charge in [0.2, 0.25) is 11.1 Å². The van der Waals surface area contributed by atoms with Gasteiger partial charge in [-0.1, -0.05) is 30.0 Å². The van der Waals surface area contributed by atoms with Gasteiger partial charge in [0.05, 0.1) is 16.5 Å². The molecule has 7 nitrogen and oxygen atoms in total. The Kier molecular flexibility index (Phi) is 5.19. The van der Waals surface area contributed by atoms with Gasteiger partial charge in [0.1, 0.15) is 10.8 Å². The van der Waals surface area contributed by atoms with E-state index in [0.29, 0.717) is 21.6 Å². The lowest BCUT2D eigenvalue weighted by atomic mass is 10.3. The van der Waals surface area contributed by atoms with E-state index in [0.717, 1.165) is 24.4 Å². The lowest BCUT2D eigenvalue weighted by Crippen LogP contribution is -2.23. The molecule has 1 aliphatic rings. The average molecular weight is 414 g/mol. The second-order valence-corrected chi connectivity index (χ2v) is 8.78. The van der Waals surface area contributed by atoms with Crippen molar-refractivity contribution in [3.05, 3.63) is 53.2 Å². The number of thioether (sulfide) groups is 1. The quantitative estimate of drug-likeness (QED) is 0.578. The van der Waals surface area contributed by atoms with Crippen molar-refractivity contribution in [2.24, 2.45) is 5.73 Å². The van der Waals surface area contributed by atoms with Crippen LogP contribution in [0.4, 0.5) is 5.00 Å². The predicted molar refractivity (Wildman–Crippen MR) is 110 cm³/mol. The predicted octanol–water partition coefficient (Wildman–Crippen LogP) is 3.42. The van der Waals surface area contributed by atoms with Crippen LogP contribution in [0.15, 0.2) is 46.9 Å². The first-order valence-corrected chi connectivity index (χ1v) is 10.7. The third kappa shape index (κ3) is 3.95. The van der Waals surface area contributed by atoms with Gasteiger partial charge in [0.15, 0.2) is 0 Å². The summed E-state index contributed by atoms with van der Waals surface area (Å²) in [6.07, 6.45) is 2.22. The average Bonchev–Trinajstić information content (AvgIpc) is 3.28. The minimum absolute atomic E-state index is 0.223. The molecule has 1 saturated carbocycles. The van der Waals surface area contributed by atoms with Crippen molar-refractivity contribution in [3.8, 4) is 5.69 Å². The molecule has 3 N–H and O–H groups in total. The lowest BCUT2D eigenvalue weighted by molar-refractivity contribution is -0.115. The zero-order chi connectivity index (χ0) is 19.7. The third-order valence-electron chi connectivity index (χ3n) is 4.37. The molecule has 2 amide bonds. The number of aromatic nitrogens is 3. The van der Waals surface area contributed by atoms with Crippen molar-refractivity contribution < 1.29 is 9.59 Å². The summed E-state index contributed by atoms with van der Waals surface area (Å²) in [5.41, 5.74) is 6.61. The Labute approximate surface area is 170 Å². The Hall–Kier alpha value is -2.65. The summed E-state index contributed by atoms with van der Waals surface area (Å²) < 4.78 is 1.87. The molecule has 3 aromatic rings. The third-order valence-corrected chi connectivity index (χ3v) is 6.16. The normalized spacial score (nSPS) is 14.6. The first-order valence-electron chi connectivity index (χ1n) is 8.90. The summed E-state index contributed by atoms with van der Waals surface area (Å²) in [6, 6.07) is 11.5. The van der Waals surface area contributed by atoms with Crippen LogP contribution in [0.2, 0.25) is 0 Å². The van der Waals surface area contributed by atoms with E-state index in [1.54, 1.807) is 18.4 Å². The van der Waals surface area contributed by atoms with Crippen LogP contribution in [0.5, 0.6) is 0 Å². The number of hydrogen-bond donors (Lipinski definition) is 2. The number of amides is 2. The molecule has 0 radical (unpaired) electrons. The van der Waals surface area contributed by atoms with E-state index in [1.165, 1.54) is 23.1 Å². The number of nitrogens with zero attached hydrogens (tertiary/aromatic N) is 3. The Balaban J connectivity index is 1.50. The van der Waals surface area contributed by atoms with Gasteiger partial charge < -0.3 is 11.1 Å². The van der Waals surface area contributed by atoms with Gasteiger partial charge in [0, 0.05) is 5.92 Å². The molecule has 1 atom stereocenters. The van der Waals surface area contributed by atoms with Gasteiger partial charge in [-0.2, -0.15) is 0 Å². The number of nitrogens with two attached hydrogens (primary N) is 1. The summed E-state index contributed by atoms with van der Waals surface area (Å²) in [4.78, 5) is 28.7. The maximum absolute atomic E-state index is 12.6. The van der Waals surface area contributed by atoms with E-state index >= 15 is 0 Å². The Bertz CT molecular complexity index is 1010. The number of benzene rings is 1. The molecule has 0 unspecified atom stereocenters. The van der Waals surface area contributed by atoms with Crippen molar-refractivity contribution in [3.63, 3.8) is 0 Å². The van der Waals surface area contributed by atoms with E-state index in [2.05, 4.69) is 15.4 Å². The summed E-state index contributed by atoms with van der Waals surface area (Å²) in [7, 11) is 0. The summed E-state index contributed by atoms with van der Waals surface area (Å²) in [6.45, 7) is 1.79. The zero-order valence-corrected chi connectivity index (χ0v) is 16.8. The molecule has 28 heavy (non-hydrogen) atoms. The number of carbonyl (C=O) groups is 2. The van der Waals surface area contributed by atoms with Crippen molar-refractivity contribution in [2.45, 2.75) is 36.1 Å². The fourth-order valence-electron chi connectivity index (χ4n) is 2.74. The standard InChI is InChI=1S/C19H19N5O2S2/c1-11(17(26)22-18-14(15(20)25)9-10-27-18)28-19-21-16(12-7-8-12)24(23-19)13-5-3-2-4-6-13/h2-6,9-12H,7-8H2,1H3,(H2,20,25)(H,22,26)/t11-/m0/s1. The highest BCUT2D eigenvalue weighted by Crippen LogP contribution is 2.40. The summed E-state index contributed by atoms with van der Waals surface area (Å²) in [5, 5.41) is 9.72. The number of nitrogens with one attached hydrogen (secondary N) is 1.